The third kappa shape index (κ3) is 2.80. The Morgan fingerprint density at radius 2 is 1.50 bits per heavy atom. The van der Waals surface area contributed by atoms with Crippen molar-refractivity contribution in [3.63, 3.8) is 0 Å². The van der Waals surface area contributed by atoms with E-state index in [4.69, 9.17) is 15.9 Å². The molecule has 0 aliphatic rings. The number of halogens is 2. The number of nitrogens with zero attached hydrogens (tertiary/aromatic N) is 1. The number of hydrogen-bond donors (Lipinski definition) is 3. The summed E-state index contributed by atoms with van der Waals surface area (Å²) in [4.78, 5) is 1.23. The minimum atomic E-state index is -0.806. The van der Waals surface area contributed by atoms with E-state index < -0.39 is 11.6 Å². The lowest BCUT2D eigenvalue weighted by Gasteiger charge is -2.24. The van der Waals surface area contributed by atoms with E-state index in [0.717, 1.165) is 12.1 Å². The molecule has 0 fully saturated rings. The van der Waals surface area contributed by atoms with Gasteiger partial charge in [0.25, 0.3) is 0 Å². The van der Waals surface area contributed by atoms with E-state index in [1.807, 2.05) is 0 Å². The van der Waals surface area contributed by atoms with Gasteiger partial charge in [-0.15, -0.1) is 0 Å². The predicted octanol–water partition coefficient (Wildman–Crippen LogP) is 0.338. The fourth-order valence-corrected chi connectivity index (χ4v) is 1.46. The van der Waals surface area contributed by atoms with Crippen LogP contribution in [-0.2, 0) is 0 Å². The topological polar surface area (TPSA) is 69.7 Å². The Bertz CT molecular complexity index is 332. The Kier molecular flexibility index (Phi) is 4.45. The Labute approximate surface area is 91.9 Å². The van der Waals surface area contributed by atoms with Crippen LogP contribution >= 0.6 is 0 Å². The van der Waals surface area contributed by atoms with Gasteiger partial charge >= 0.3 is 0 Å². The Balaban J connectivity index is 3.07. The van der Waals surface area contributed by atoms with Gasteiger partial charge in [0.15, 0.2) is 11.6 Å². The summed E-state index contributed by atoms with van der Waals surface area (Å²) in [6.45, 7) is -0.441. The molecule has 0 unspecified atom stereocenters. The molecule has 4 N–H and O–H groups in total. The van der Waals surface area contributed by atoms with Crippen LogP contribution in [0.15, 0.2) is 12.1 Å². The van der Waals surface area contributed by atoms with Crippen LogP contribution in [-0.4, -0.2) is 36.5 Å². The molecule has 0 radical (unpaired) electrons. The van der Waals surface area contributed by atoms with Gasteiger partial charge in [0, 0.05) is 18.8 Å². The second-order valence-electron chi connectivity index (χ2n) is 3.27. The first-order chi connectivity index (χ1) is 7.60. The van der Waals surface area contributed by atoms with Gasteiger partial charge in [0.2, 0.25) is 0 Å². The van der Waals surface area contributed by atoms with Crippen LogP contribution in [0.5, 0.6) is 0 Å². The van der Waals surface area contributed by atoms with Gasteiger partial charge < -0.3 is 20.8 Å². The zero-order valence-electron chi connectivity index (χ0n) is 8.66. The lowest BCUT2D eigenvalue weighted by Crippen LogP contribution is -2.31. The summed E-state index contributed by atoms with van der Waals surface area (Å²) in [5.74, 6) is -1.61. The predicted molar refractivity (Wildman–Crippen MR) is 57.2 cm³/mol. The molecule has 1 rings (SSSR count). The number of benzene rings is 1. The Morgan fingerprint density at radius 1 is 1.06 bits per heavy atom. The van der Waals surface area contributed by atoms with E-state index in [2.05, 4.69) is 0 Å². The summed E-state index contributed by atoms with van der Waals surface area (Å²) >= 11 is 0. The molecule has 0 amide bonds. The van der Waals surface area contributed by atoms with Gasteiger partial charge in [-0.2, -0.15) is 0 Å². The summed E-state index contributed by atoms with van der Waals surface area (Å²) in [6, 6.07) is 2.00. The maximum absolute atomic E-state index is 13.5. The van der Waals surface area contributed by atoms with Crippen LogP contribution in [0.25, 0.3) is 0 Å². The highest BCUT2D eigenvalue weighted by molar-refractivity contribution is 5.55. The molecule has 1 aromatic rings. The third-order valence-electron chi connectivity index (χ3n) is 2.10. The van der Waals surface area contributed by atoms with Gasteiger partial charge in [-0.25, -0.2) is 8.78 Å². The number of nitrogens with two attached hydrogens (primary N) is 1. The molecular weight excluding hydrogens is 218 g/mol. The maximum atomic E-state index is 13.5. The SMILES string of the molecule is Nc1cc(F)c(N(CCO)CCO)c(F)c1. The quantitative estimate of drug-likeness (QED) is 0.640. The molecule has 0 atom stereocenters. The van der Waals surface area contributed by atoms with Gasteiger partial charge in [-0.3, -0.25) is 0 Å². The van der Waals surface area contributed by atoms with Gasteiger partial charge in [-0.1, -0.05) is 0 Å². The number of aliphatic hydroxyl groups is 2. The molecule has 1 aromatic carbocycles. The van der Waals surface area contributed by atoms with Crippen molar-refractivity contribution in [2.24, 2.45) is 0 Å². The molecule has 0 saturated carbocycles. The minimum absolute atomic E-state index is 0.00769. The molecule has 6 heteroatoms. The molecule has 16 heavy (non-hydrogen) atoms. The minimum Gasteiger partial charge on any atom is -0.399 e. The van der Waals surface area contributed by atoms with Gasteiger partial charge in [-0.05, 0) is 12.1 Å². The average molecular weight is 232 g/mol. The Hall–Kier alpha value is -1.40. The molecule has 0 saturated heterocycles. The number of hydrogen-bond acceptors (Lipinski definition) is 4. The van der Waals surface area contributed by atoms with Crippen molar-refractivity contribution in [1.82, 2.24) is 0 Å². The summed E-state index contributed by atoms with van der Waals surface area (Å²) < 4.78 is 27.0. The van der Waals surface area contributed by atoms with Crippen LogP contribution < -0.4 is 10.6 Å². The molecule has 90 valence electrons. The number of anilines is 2. The second-order valence-corrected chi connectivity index (χ2v) is 3.27. The normalized spacial score (nSPS) is 10.5. The van der Waals surface area contributed by atoms with Crippen molar-refractivity contribution >= 4 is 11.4 Å². The van der Waals surface area contributed by atoms with Crippen LogP contribution in [0.2, 0.25) is 0 Å². The van der Waals surface area contributed by atoms with Gasteiger partial charge in [0.05, 0.1) is 13.2 Å². The van der Waals surface area contributed by atoms with E-state index in [0.29, 0.717) is 0 Å². The zero-order valence-corrected chi connectivity index (χ0v) is 8.66. The van der Waals surface area contributed by atoms with Crippen molar-refractivity contribution in [3.8, 4) is 0 Å². The molecular formula is C10H14F2N2O2. The number of nitrogen functional groups attached to an aromatic ring is 1. The van der Waals surface area contributed by atoms with Crippen molar-refractivity contribution in [2.45, 2.75) is 0 Å². The summed E-state index contributed by atoms with van der Waals surface area (Å²) in [5.41, 5.74) is 4.99. The van der Waals surface area contributed by atoms with Crippen LogP contribution in [0.3, 0.4) is 0 Å². The molecule has 0 aliphatic carbocycles. The maximum Gasteiger partial charge on any atom is 0.151 e. The van der Waals surface area contributed by atoms with E-state index >= 15 is 0 Å². The smallest absolute Gasteiger partial charge is 0.151 e. The standard InChI is InChI=1S/C10H14F2N2O2/c11-8-5-7(13)6-9(12)10(8)14(1-3-15)2-4-16/h5-6,15-16H,1-4,13H2. The van der Waals surface area contributed by atoms with Crippen molar-refractivity contribution in [1.29, 1.82) is 0 Å². The number of rotatable bonds is 5. The first-order valence-electron chi connectivity index (χ1n) is 4.81. The van der Waals surface area contributed by atoms with Crippen molar-refractivity contribution in [3.05, 3.63) is 23.8 Å². The number of aliphatic hydroxyl groups excluding tert-OH is 2. The highest BCUT2D eigenvalue weighted by Gasteiger charge is 2.16. The lowest BCUT2D eigenvalue weighted by atomic mass is 10.2. The van der Waals surface area contributed by atoms with E-state index in [9.17, 15) is 8.78 Å². The molecule has 0 aromatic heterocycles. The van der Waals surface area contributed by atoms with Crippen molar-refractivity contribution < 1.29 is 19.0 Å². The highest BCUT2D eigenvalue weighted by atomic mass is 19.1. The molecule has 0 spiro atoms. The van der Waals surface area contributed by atoms with Crippen LogP contribution in [0.4, 0.5) is 20.2 Å². The molecule has 0 aliphatic heterocycles. The lowest BCUT2D eigenvalue weighted by molar-refractivity contribution is 0.280. The highest BCUT2D eigenvalue weighted by Crippen LogP contribution is 2.25. The second kappa shape index (κ2) is 5.62. The Morgan fingerprint density at radius 3 is 1.88 bits per heavy atom. The molecule has 4 nitrogen and oxygen atoms in total. The molecule has 0 heterocycles. The fraction of sp³-hybridized carbons (Fsp3) is 0.400. The first kappa shape index (κ1) is 12.7. The van der Waals surface area contributed by atoms with Crippen LogP contribution in [0.1, 0.15) is 0 Å². The summed E-state index contributed by atoms with van der Waals surface area (Å²) in [6.07, 6.45) is 0. The average Bonchev–Trinajstić information content (AvgIpc) is 2.16. The fourth-order valence-electron chi connectivity index (χ4n) is 1.46. The summed E-state index contributed by atoms with van der Waals surface area (Å²) in [7, 11) is 0. The van der Waals surface area contributed by atoms with Crippen LogP contribution in [0, 0.1) is 11.6 Å². The van der Waals surface area contributed by atoms with Crippen molar-refractivity contribution in [2.75, 3.05) is 36.9 Å². The van der Waals surface area contributed by atoms with E-state index in [1.54, 1.807) is 0 Å². The monoisotopic (exact) mass is 232 g/mol. The summed E-state index contributed by atoms with van der Waals surface area (Å²) in [5, 5.41) is 17.5. The van der Waals surface area contributed by atoms with Gasteiger partial charge in [0.1, 0.15) is 5.69 Å². The van der Waals surface area contributed by atoms with E-state index in [1.165, 1.54) is 4.90 Å². The third-order valence-corrected chi connectivity index (χ3v) is 2.10. The zero-order chi connectivity index (χ0) is 12.1. The van der Waals surface area contributed by atoms with E-state index in [-0.39, 0.29) is 37.7 Å². The first-order valence-corrected chi connectivity index (χ1v) is 4.81. The largest absolute Gasteiger partial charge is 0.399 e. The molecule has 0 bridgehead atoms.